The lowest BCUT2D eigenvalue weighted by Gasteiger charge is -2.24. The molecule has 214 valence electrons. The third-order valence-electron chi connectivity index (χ3n) is 6.80. The maximum atomic E-state index is 11.1. The summed E-state index contributed by atoms with van der Waals surface area (Å²) in [5.41, 5.74) is 0. The number of unbranched alkanes of at least 4 members (excludes halogenated alkanes) is 15. The van der Waals surface area contributed by atoms with E-state index in [-0.39, 0.29) is 5.97 Å². The molecule has 0 aliphatic carbocycles. The lowest BCUT2D eigenvalue weighted by molar-refractivity contribution is -0.140. The van der Waals surface area contributed by atoms with E-state index in [2.05, 4.69) is 42.8 Å². The molecule has 0 aliphatic rings. The lowest BCUT2D eigenvalue weighted by Crippen LogP contribution is -2.37. The molecule has 0 aromatic rings. The van der Waals surface area contributed by atoms with Crippen molar-refractivity contribution in [2.24, 2.45) is 0 Å². The summed E-state index contributed by atoms with van der Waals surface area (Å²) >= 11 is 0. The van der Waals surface area contributed by atoms with Crippen molar-refractivity contribution in [2.45, 2.75) is 135 Å². The van der Waals surface area contributed by atoms with Gasteiger partial charge in [0.05, 0.1) is 26.4 Å². The van der Waals surface area contributed by atoms with Crippen LogP contribution in [0.3, 0.4) is 0 Å². The standard InChI is InChI=1S/C31H61NO4/c1-5-6-7-8-9-10-11-12-13-14-15-16-17-18-20-23-26-35-28-30(32(2)3)29-36-27-24-21-19-22-25-31(33)34-4/h12-13,30H,5-11,14-29H2,1-4H3/b13-12+. The Morgan fingerprint density at radius 3 is 1.58 bits per heavy atom. The molecule has 36 heavy (non-hydrogen) atoms. The average molecular weight is 512 g/mol. The number of ether oxygens (including phenoxy) is 3. The number of esters is 1. The highest BCUT2D eigenvalue weighted by atomic mass is 16.5. The Labute approximate surface area is 224 Å². The molecule has 0 aromatic heterocycles. The first-order valence-corrected chi connectivity index (χ1v) is 15.2. The van der Waals surface area contributed by atoms with E-state index in [4.69, 9.17) is 9.47 Å². The molecule has 5 heteroatoms. The molecular weight excluding hydrogens is 450 g/mol. The summed E-state index contributed by atoms with van der Waals surface area (Å²) in [4.78, 5) is 13.3. The van der Waals surface area contributed by atoms with Crippen molar-refractivity contribution in [3.05, 3.63) is 12.2 Å². The number of nitrogens with zero attached hydrogens (tertiary/aromatic N) is 1. The summed E-state index contributed by atoms with van der Waals surface area (Å²) < 4.78 is 16.5. The summed E-state index contributed by atoms with van der Waals surface area (Å²) in [5.74, 6) is -0.114. The molecule has 0 aromatic carbocycles. The molecule has 0 spiro atoms. The molecule has 0 rings (SSSR count). The van der Waals surface area contributed by atoms with Crippen molar-refractivity contribution in [3.63, 3.8) is 0 Å². The second-order valence-corrected chi connectivity index (χ2v) is 10.4. The maximum absolute atomic E-state index is 11.1. The van der Waals surface area contributed by atoms with Crippen molar-refractivity contribution in [3.8, 4) is 0 Å². The zero-order valence-corrected chi connectivity index (χ0v) is 24.6. The van der Waals surface area contributed by atoms with Gasteiger partial charge in [-0.05, 0) is 59.0 Å². The molecule has 5 nitrogen and oxygen atoms in total. The van der Waals surface area contributed by atoms with Crippen LogP contribution in [0.15, 0.2) is 12.2 Å². The minimum Gasteiger partial charge on any atom is -0.469 e. The second-order valence-electron chi connectivity index (χ2n) is 10.4. The van der Waals surface area contributed by atoms with Gasteiger partial charge in [0.15, 0.2) is 0 Å². The Bertz CT molecular complexity index is 481. The first kappa shape index (κ1) is 35.1. The van der Waals surface area contributed by atoms with E-state index in [1.165, 1.54) is 90.6 Å². The molecule has 0 fully saturated rings. The second kappa shape index (κ2) is 28.7. The Balaban J connectivity index is 3.44. The van der Waals surface area contributed by atoms with E-state index in [1.54, 1.807) is 0 Å². The van der Waals surface area contributed by atoms with Gasteiger partial charge in [0.25, 0.3) is 0 Å². The number of carbonyl (C=O) groups excluding carboxylic acids is 1. The number of rotatable bonds is 28. The SMILES string of the molecule is CCCCCCCC/C=C/CCCCCCCCOCC(COCCCCCCC(=O)OC)N(C)C. The highest BCUT2D eigenvalue weighted by Gasteiger charge is 2.11. The predicted octanol–water partition coefficient (Wildman–Crippen LogP) is 8.11. The summed E-state index contributed by atoms with van der Waals surface area (Å²) in [7, 11) is 5.63. The molecule has 0 bridgehead atoms. The molecule has 1 atom stereocenters. The highest BCUT2D eigenvalue weighted by Crippen LogP contribution is 2.10. The van der Waals surface area contributed by atoms with Crippen LogP contribution < -0.4 is 0 Å². The van der Waals surface area contributed by atoms with Gasteiger partial charge in [0.1, 0.15) is 0 Å². The number of allylic oxidation sites excluding steroid dienone is 2. The smallest absolute Gasteiger partial charge is 0.305 e. The van der Waals surface area contributed by atoms with Crippen molar-refractivity contribution in [1.82, 2.24) is 4.90 Å². The van der Waals surface area contributed by atoms with Gasteiger partial charge < -0.3 is 19.1 Å². The van der Waals surface area contributed by atoms with Crippen LogP contribution in [0, 0.1) is 0 Å². The van der Waals surface area contributed by atoms with Crippen LogP contribution in [0.1, 0.15) is 129 Å². The van der Waals surface area contributed by atoms with Gasteiger partial charge >= 0.3 is 5.97 Å². The maximum Gasteiger partial charge on any atom is 0.305 e. The first-order valence-electron chi connectivity index (χ1n) is 15.2. The summed E-state index contributed by atoms with van der Waals surface area (Å²) in [5, 5.41) is 0. The minimum absolute atomic E-state index is 0.114. The van der Waals surface area contributed by atoms with Crippen LogP contribution in [-0.4, -0.2) is 64.5 Å². The topological polar surface area (TPSA) is 48.0 Å². The van der Waals surface area contributed by atoms with Gasteiger partial charge in [-0.3, -0.25) is 4.79 Å². The Kier molecular flexibility index (Phi) is 27.9. The fraction of sp³-hybridized carbons (Fsp3) is 0.903. The minimum atomic E-state index is -0.114. The molecule has 0 heterocycles. The number of carbonyl (C=O) groups is 1. The van der Waals surface area contributed by atoms with E-state index in [0.29, 0.717) is 19.1 Å². The van der Waals surface area contributed by atoms with Gasteiger partial charge in [-0.25, -0.2) is 0 Å². The first-order chi connectivity index (χ1) is 17.6. The molecule has 0 radical (unpaired) electrons. The molecule has 0 aliphatic heterocycles. The molecule has 0 saturated heterocycles. The largest absolute Gasteiger partial charge is 0.469 e. The van der Waals surface area contributed by atoms with Gasteiger partial charge in [-0.1, -0.05) is 89.7 Å². The summed E-state index contributed by atoms with van der Waals surface area (Å²) in [6.45, 7) is 5.35. The number of methoxy groups -OCH3 is 1. The Hall–Kier alpha value is -0.910. The fourth-order valence-electron chi connectivity index (χ4n) is 4.17. The zero-order valence-electron chi connectivity index (χ0n) is 24.6. The van der Waals surface area contributed by atoms with E-state index in [0.717, 1.165) is 51.9 Å². The van der Waals surface area contributed by atoms with Crippen LogP contribution >= 0.6 is 0 Å². The van der Waals surface area contributed by atoms with Gasteiger partial charge in [-0.2, -0.15) is 0 Å². The van der Waals surface area contributed by atoms with Crippen molar-refractivity contribution in [1.29, 1.82) is 0 Å². The molecule has 0 N–H and O–H groups in total. The van der Waals surface area contributed by atoms with Crippen LogP contribution in [0.25, 0.3) is 0 Å². The monoisotopic (exact) mass is 511 g/mol. The van der Waals surface area contributed by atoms with Crippen molar-refractivity contribution < 1.29 is 19.0 Å². The predicted molar refractivity (Wildman–Crippen MR) is 154 cm³/mol. The number of hydrogen-bond acceptors (Lipinski definition) is 5. The quantitative estimate of drug-likeness (QED) is 0.0603. The van der Waals surface area contributed by atoms with E-state index < -0.39 is 0 Å². The molecule has 0 amide bonds. The summed E-state index contributed by atoms with van der Waals surface area (Å²) in [6, 6.07) is 0.304. The van der Waals surface area contributed by atoms with Gasteiger partial charge in [0, 0.05) is 19.6 Å². The third kappa shape index (κ3) is 26.2. The van der Waals surface area contributed by atoms with Crippen LogP contribution in [0.5, 0.6) is 0 Å². The lowest BCUT2D eigenvalue weighted by atomic mass is 10.1. The van der Waals surface area contributed by atoms with E-state index in [1.807, 2.05) is 0 Å². The molecule has 1 unspecified atom stereocenters. The highest BCUT2D eigenvalue weighted by molar-refractivity contribution is 5.68. The van der Waals surface area contributed by atoms with E-state index in [9.17, 15) is 4.79 Å². The third-order valence-corrected chi connectivity index (χ3v) is 6.80. The normalized spacial score (nSPS) is 12.6. The Morgan fingerprint density at radius 2 is 1.11 bits per heavy atom. The summed E-state index contributed by atoms with van der Waals surface area (Å²) in [6.07, 6.45) is 28.1. The van der Waals surface area contributed by atoms with Crippen LogP contribution in [-0.2, 0) is 19.0 Å². The molecular formula is C31H61NO4. The Morgan fingerprint density at radius 1 is 0.667 bits per heavy atom. The number of likely N-dealkylation sites (N-methyl/N-ethyl adjacent to an activating group) is 1. The fourth-order valence-corrected chi connectivity index (χ4v) is 4.17. The number of hydrogen-bond donors (Lipinski definition) is 0. The average Bonchev–Trinajstić information content (AvgIpc) is 2.87. The van der Waals surface area contributed by atoms with E-state index >= 15 is 0 Å². The zero-order chi connectivity index (χ0) is 26.5. The van der Waals surface area contributed by atoms with Crippen LogP contribution in [0.4, 0.5) is 0 Å². The van der Waals surface area contributed by atoms with Crippen LogP contribution in [0.2, 0.25) is 0 Å². The van der Waals surface area contributed by atoms with Crippen molar-refractivity contribution >= 4 is 5.97 Å². The van der Waals surface area contributed by atoms with Crippen molar-refractivity contribution in [2.75, 3.05) is 47.6 Å². The van der Waals surface area contributed by atoms with Gasteiger partial charge in [0.2, 0.25) is 0 Å². The van der Waals surface area contributed by atoms with Gasteiger partial charge in [-0.15, -0.1) is 0 Å². The molecule has 0 saturated carbocycles.